The van der Waals surface area contributed by atoms with Crippen LogP contribution < -0.4 is 11.5 Å². The highest BCUT2D eigenvalue weighted by Crippen LogP contribution is 2.21. The zero-order chi connectivity index (χ0) is 11.7. The third-order valence-corrected chi connectivity index (χ3v) is 2.57. The van der Waals surface area contributed by atoms with Crippen molar-refractivity contribution < 1.29 is 9.90 Å². The fourth-order valence-corrected chi connectivity index (χ4v) is 1.70. The molecule has 9 heteroatoms. The third kappa shape index (κ3) is 1.98. The van der Waals surface area contributed by atoms with E-state index in [0.717, 1.165) is 11.8 Å². The van der Waals surface area contributed by atoms with Gasteiger partial charge < -0.3 is 21.6 Å². The van der Waals surface area contributed by atoms with Crippen LogP contribution in [0.5, 0.6) is 0 Å². The Kier molecular flexibility index (Phi) is 2.52. The lowest BCUT2D eigenvalue weighted by atomic mass is 10.5. The molecule has 2 aromatic rings. The maximum Gasteiger partial charge on any atom is 0.313 e. The molecule has 0 bridgehead atoms. The van der Waals surface area contributed by atoms with Crippen molar-refractivity contribution in [1.29, 1.82) is 0 Å². The van der Waals surface area contributed by atoms with Gasteiger partial charge in [-0.3, -0.25) is 4.79 Å². The maximum absolute atomic E-state index is 10.4. The van der Waals surface area contributed by atoms with Gasteiger partial charge in [-0.25, -0.2) is 4.98 Å². The van der Waals surface area contributed by atoms with E-state index >= 15 is 0 Å². The number of nitrogens with zero attached hydrogens (tertiary/aromatic N) is 3. The van der Waals surface area contributed by atoms with Gasteiger partial charge in [-0.2, -0.15) is 9.97 Å². The normalized spacial score (nSPS) is 10.8. The summed E-state index contributed by atoms with van der Waals surface area (Å²) < 4.78 is 0. The zero-order valence-electron chi connectivity index (χ0n) is 7.97. The molecule has 0 fully saturated rings. The monoisotopic (exact) mass is 240 g/mol. The predicted molar refractivity (Wildman–Crippen MR) is 58.9 cm³/mol. The number of nitrogens with two attached hydrogens (primary N) is 2. The van der Waals surface area contributed by atoms with Crippen molar-refractivity contribution >= 4 is 40.7 Å². The molecule has 2 rings (SSSR count). The Labute approximate surface area is 93.5 Å². The van der Waals surface area contributed by atoms with E-state index in [1.165, 1.54) is 0 Å². The van der Waals surface area contributed by atoms with E-state index < -0.39 is 5.97 Å². The smallest absolute Gasteiger partial charge is 0.313 e. The van der Waals surface area contributed by atoms with Crippen LogP contribution in [0.3, 0.4) is 0 Å². The minimum Gasteiger partial charge on any atom is -0.481 e. The van der Waals surface area contributed by atoms with Gasteiger partial charge >= 0.3 is 5.97 Å². The number of nitrogen functional groups attached to an aromatic ring is 2. The molecular weight excluding hydrogens is 232 g/mol. The number of hydrogen-bond donors (Lipinski definition) is 4. The minimum absolute atomic E-state index is 0.0336. The van der Waals surface area contributed by atoms with Gasteiger partial charge in [-0.15, -0.1) is 0 Å². The van der Waals surface area contributed by atoms with Crippen molar-refractivity contribution in [3.63, 3.8) is 0 Å². The molecule has 16 heavy (non-hydrogen) atoms. The summed E-state index contributed by atoms with van der Waals surface area (Å²) in [5.41, 5.74) is 11.8. The number of aromatic nitrogens is 4. The summed E-state index contributed by atoms with van der Waals surface area (Å²) >= 11 is 1.04. The Hall–Kier alpha value is -2.03. The zero-order valence-corrected chi connectivity index (χ0v) is 8.78. The average molecular weight is 240 g/mol. The Morgan fingerprint density at radius 3 is 2.81 bits per heavy atom. The lowest BCUT2D eigenvalue weighted by molar-refractivity contribution is -0.133. The largest absolute Gasteiger partial charge is 0.481 e. The van der Waals surface area contributed by atoms with Crippen molar-refractivity contribution in [1.82, 2.24) is 19.9 Å². The molecule has 84 valence electrons. The molecule has 0 saturated carbocycles. The predicted octanol–water partition coefficient (Wildman–Crippen LogP) is -0.306. The van der Waals surface area contributed by atoms with Gasteiger partial charge in [0.2, 0.25) is 5.95 Å². The molecule has 0 aromatic carbocycles. The maximum atomic E-state index is 10.4. The van der Waals surface area contributed by atoms with Crippen LogP contribution in [0.15, 0.2) is 5.16 Å². The molecule has 0 amide bonds. The van der Waals surface area contributed by atoms with Crippen molar-refractivity contribution in [2.24, 2.45) is 0 Å². The van der Waals surface area contributed by atoms with Crippen molar-refractivity contribution in [3.8, 4) is 0 Å². The highest BCUT2D eigenvalue weighted by atomic mass is 32.2. The van der Waals surface area contributed by atoms with E-state index in [2.05, 4.69) is 19.9 Å². The number of carboxylic acids is 1. The summed E-state index contributed by atoms with van der Waals surface area (Å²) in [5, 5.41) is 8.93. The quantitative estimate of drug-likeness (QED) is 0.535. The molecule has 6 N–H and O–H groups in total. The first-order chi connectivity index (χ1) is 7.56. The van der Waals surface area contributed by atoms with E-state index in [1.807, 2.05) is 0 Å². The molecule has 8 nitrogen and oxygen atoms in total. The number of nitrogens with one attached hydrogen (secondary N) is 1. The number of carboxylic acid groups (broad SMARTS) is 1. The van der Waals surface area contributed by atoms with Crippen molar-refractivity contribution in [3.05, 3.63) is 0 Å². The van der Waals surface area contributed by atoms with Crippen LogP contribution in [0, 0.1) is 0 Å². The topological polar surface area (TPSA) is 144 Å². The Morgan fingerprint density at radius 1 is 1.38 bits per heavy atom. The van der Waals surface area contributed by atoms with Gasteiger partial charge in [0.1, 0.15) is 5.52 Å². The number of carbonyl (C=O) groups is 1. The van der Waals surface area contributed by atoms with Gasteiger partial charge in [-0.1, -0.05) is 11.8 Å². The number of aromatic amines is 1. The summed E-state index contributed by atoms with van der Waals surface area (Å²) in [5.74, 6) is -0.796. The van der Waals surface area contributed by atoms with E-state index in [9.17, 15) is 4.79 Å². The van der Waals surface area contributed by atoms with Gasteiger partial charge in [0.25, 0.3) is 0 Å². The first-order valence-corrected chi connectivity index (χ1v) is 5.18. The van der Waals surface area contributed by atoms with E-state index in [0.29, 0.717) is 16.3 Å². The van der Waals surface area contributed by atoms with Gasteiger partial charge in [0.15, 0.2) is 16.6 Å². The first-order valence-electron chi connectivity index (χ1n) is 4.19. The second-order valence-corrected chi connectivity index (χ2v) is 3.85. The third-order valence-electron chi connectivity index (χ3n) is 1.71. The number of anilines is 2. The molecule has 0 unspecified atom stereocenters. The number of thioether (sulfide) groups is 1. The Bertz CT molecular complexity index is 553. The molecule has 0 aliphatic rings. The van der Waals surface area contributed by atoms with Gasteiger partial charge in [-0.05, 0) is 0 Å². The van der Waals surface area contributed by atoms with Gasteiger partial charge in [0.05, 0.1) is 5.75 Å². The fourth-order valence-electron chi connectivity index (χ4n) is 1.11. The number of imidazole rings is 1. The summed E-state index contributed by atoms with van der Waals surface area (Å²) in [6.07, 6.45) is 0. The van der Waals surface area contributed by atoms with Crippen LogP contribution >= 0.6 is 11.8 Å². The Balaban J connectivity index is 2.36. The SMILES string of the molecule is Nc1nc(N)c2[nH]c(SCC(=O)O)nc2n1. The fraction of sp³-hybridized carbons (Fsp3) is 0.143. The van der Waals surface area contributed by atoms with Gasteiger partial charge in [0, 0.05) is 0 Å². The van der Waals surface area contributed by atoms with E-state index in [4.69, 9.17) is 16.6 Å². The second-order valence-electron chi connectivity index (χ2n) is 2.89. The van der Waals surface area contributed by atoms with Crippen LogP contribution in [0.25, 0.3) is 11.2 Å². The lowest BCUT2D eigenvalue weighted by Gasteiger charge is -1.94. The van der Waals surface area contributed by atoms with Crippen molar-refractivity contribution in [2.75, 3.05) is 17.2 Å². The van der Waals surface area contributed by atoms with E-state index in [-0.39, 0.29) is 17.5 Å². The molecule has 0 atom stereocenters. The average Bonchev–Trinajstić information content (AvgIpc) is 2.57. The molecule has 0 aliphatic carbocycles. The van der Waals surface area contributed by atoms with Crippen LogP contribution in [0.1, 0.15) is 0 Å². The number of aliphatic carboxylic acids is 1. The molecule has 2 heterocycles. The summed E-state index contributed by atoms with van der Waals surface area (Å²) in [6, 6.07) is 0. The van der Waals surface area contributed by atoms with Crippen LogP contribution in [-0.4, -0.2) is 36.8 Å². The number of hydrogen-bond acceptors (Lipinski definition) is 7. The molecule has 0 aliphatic heterocycles. The van der Waals surface area contributed by atoms with Crippen LogP contribution in [0.2, 0.25) is 0 Å². The highest BCUT2D eigenvalue weighted by Gasteiger charge is 2.10. The summed E-state index contributed by atoms with van der Waals surface area (Å²) in [7, 11) is 0. The summed E-state index contributed by atoms with van der Waals surface area (Å²) in [4.78, 5) is 24.9. The Morgan fingerprint density at radius 2 is 2.12 bits per heavy atom. The van der Waals surface area contributed by atoms with Crippen molar-refractivity contribution in [2.45, 2.75) is 5.16 Å². The lowest BCUT2D eigenvalue weighted by Crippen LogP contribution is -1.99. The summed E-state index contributed by atoms with van der Waals surface area (Å²) in [6.45, 7) is 0. The molecule has 0 saturated heterocycles. The minimum atomic E-state index is -0.927. The van der Waals surface area contributed by atoms with Crippen LogP contribution in [-0.2, 0) is 4.79 Å². The highest BCUT2D eigenvalue weighted by molar-refractivity contribution is 7.99. The van der Waals surface area contributed by atoms with Crippen LogP contribution in [0.4, 0.5) is 11.8 Å². The second kappa shape index (κ2) is 3.85. The number of rotatable bonds is 3. The first kappa shape index (κ1) is 10.5. The molecule has 0 radical (unpaired) electrons. The molecule has 0 spiro atoms. The standard InChI is InChI=1S/C7H8N6O2S/c8-4-3-5(12-6(9)11-4)13-7(10-3)16-1-2(14)15/h1H2,(H,14,15)(H5,8,9,10,11,12,13). The number of fused-ring (bicyclic) bond motifs is 1. The van der Waals surface area contributed by atoms with E-state index in [1.54, 1.807) is 0 Å². The molecular formula is C7H8N6O2S. The molecule has 2 aromatic heterocycles. The number of H-pyrrole nitrogens is 1.